The van der Waals surface area contributed by atoms with Crippen LogP contribution in [0.3, 0.4) is 0 Å². The van der Waals surface area contributed by atoms with E-state index in [9.17, 15) is 0 Å². The predicted octanol–water partition coefficient (Wildman–Crippen LogP) is 2.94. The summed E-state index contributed by atoms with van der Waals surface area (Å²) in [7, 11) is 0. The van der Waals surface area contributed by atoms with E-state index in [-0.39, 0.29) is 6.61 Å². The Morgan fingerprint density at radius 2 is 2.16 bits per heavy atom. The topological polar surface area (TPSA) is 45.4 Å². The van der Waals surface area contributed by atoms with Gasteiger partial charge in [0, 0.05) is 24.6 Å². The van der Waals surface area contributed by atoms with Crippen LogP contribution in [0, 0.1) is 0 Å². The third-order valence-corrected chi connectivity index (χ3v) is 3.78. The molecule has 1 unspecified atom stereocenters. The molecule has 1 aromatic heterocycles. The fraction of sp³-hybridized carbons (Fsp3) is 0.375. The molecule has 0 aliphatic heterocycles. The maximum Gasteiger partial charge on any atom is 0.108 e. The van der Waals surface area contributed by atoms with E-state index in [1.165, 1.54) is 17.5 Å². The number of aryl methyl sites for hydroxylation is 1. The number of benzene rings is 1. The van der Waals surface area contributed by atoms with E-state index in [0.717, 1.165) is 30.7 Å². The van der Waals surface area contributed by atoms with Gasteiger partial charge in [0.15, 0.2) is 0 Å². The lowest BCUT2D eigenvalue weighted by molar-refractivity contribution is 0.281. The molecule has 0 amide bonds. The second-order valence-corrected chi connectivity index (χ2v) is 5.10. The van der Waals surface area contributed by atoms with E-state index in [1.54, 1.807) is 6.26 Å². The van der Waals surface area contributed by atoms with Crippen molar-refractivity contribution in [3.63, 3.8) is 0 Å². The van der Waals surface area contributed by atoms with Crippen molar-refractivity contribution in [3.05, 3.63) is 59.0 Å². The molecule has 0 saturated carbocycles. The molecular weight excluding hydrogens is 238 g/mol. The zero-order valence-corrected chi connectivity index (χ0v) is 10.9. The molecule has 3 nitrogen and oxygen atoms in total. The Hall–Kier alpha value is -1.58. The standard InChI is InChI=1S/C16H19NO2/c18-11-13-4-1-3-12(9-13)10-17-15-5-2-6-16-14(15)7-8-19-16/h1,3-4,7-9,15,17-18H,2,5-6,10-11H2. The van der Waals surface area contributed by atoms with Gasteiger partial charge >= 0.3 is 0 Å². The number of rotatable bonds is 4. The minimum absolute atomic E-state index is 0.100. The maximum atomic E-state index is 9.15. The fourth-order valence-corrected chi connectivity index (χ4v) is 2.78. The lowest BCUT2D eigenvalue weighted by Crippen LogP contribution is -2.24. The van der Waals surface area contributed by atoms with E-state index in [0.29, 0.717) is 6.04 Å². The monoisotopic (exact) mass is 257 g/mol. The van der Waals surface area contributed by atoms with Crippen LogP contribution in [0.25, 0.3) is 0 Å². The molecule has 1 heterocycles. The average molecular weight is 257 g/mol. The summed E-state index contributed by atoms with van der Waals surface area (Å²) in [5, 5.41) is 12.7. The minimum atomic E-state index is 0.100. The summed E-state index contributed by atoms with van der Waals surface area (Å²) in [6.07, 6.45) is 5.18. The molecule has 0 fully saturated rings. The summed E-state index contributed by atoms with van der Waals surface area (Å²) < 4.78 is 5.50. The number of aliphatic hydroxyl groups excluding tert-OH is 1. The molecule has 0 spiro atoms. The van der Waals surface area contributed by atoms with Crippen LogP contribution in [-0.4, -0.2) is 5.11 Å². The zero-order chi connectivity index (χ0) is 13.1. The third kappa shape index (κ3) is 2.72. The summed E-state index contributed by atoms with van der Waals surface area (Å²) in [6.45, 7) is 0.923. The van der Waals surface area contributed by atoms with E-state index in [4.69, 9.17) is 9.52 Å². The first-order valence-electron chi connectivity index (χ1n) is 6.85. The highest BCUT2D eigenvalue weighted by molar-refractivity contribution is 5.26. The molecule has 19 heavy (non-hydrogen) atoms. The molecule has 1 atom stereocenters. The van der Waals surface area contributed by atoms with Gasteiger partial charge in [0.1, 0.15) is 5.76 Å². The molecule has 1 aromatic carbocycles. The van der Waals surface area contributed by atoms with Crippen molar-refractivity contribution in [1.82, 2.24) is 5.32 Å². The number of hydrogen-bond donors (Lipinski definition) is 2. The van der Waals surface area contributed by atoms with Gasteiger partial charge in [-0.3, -0.25) is 0 Å². The fourth-order valence-electron chi connectivity index (χ4n) is 2.78. The molecular formula is C16H19NO2. The molecule has 3 heteroatoms. The van der Waals surface area contributed by atoms with E-state index in [2.05, 4.69) is 17.4 Å². The molecule has 0 saturated heterocycles. The van der Waals surface area contributed by atoms with Crippen molar-refractivity contribution in [2.24, 2.45) is 0 Å². The molecule has 3 rings (SSSR count). The third-order valence-electron chi connectivity index (χ3n) is 3.78. The Balaban J connectivity index is 1.67. The van der Waals surface area contributed by atoms with Gasteiger partial charge in [-0.2, -0.15) is 0 Å². The van der Waals surface area contributed by atoms with Gasteiger partial charge in [0.2, 0.25) is 0 Å². The average Bonchev–Trinajstić information content (AvgIpc) is 2.94. The van der Waals surface area contributed by atoms with Crippen molar-refractivity contribution in [3.8, 4) is 0 Å². The predicted molar refractivity (Wildman–Crippen MR) is 73.6 cm³/mol. The van der Waals surface area contributed by atoms with Gasteiger partial charge < -0.3 is 14.8 Å². The van der Waals surface area contributed by atoms with Gasteiger partial charge in [-0.1, -0.05) is 24.3 Å². The second kappa shape index (κ2) is 5.59. The Labute approximate surface area is 113 Å². The number of aliphatic hydroxyl groups is 1. The maximum absolute atomic E-state index is 9.15. The Kier molecular flexibility index (Phi) is 3.67. The number of furan rings is 1. The summed E-state index contributed by atoms with van der Waals surface area (Å²) >= 11 is 0. The van der Waals surface area contributed by atoms with Gasteiger partial charge in [0.05, 0.1) is 12.9 Å². The van der Waals surface area contributed by atoms with Gasteiger partial charge in [-0.15, -0.1) is 0 Å². The largest absolute Gasteiger partial charge is 0.469 e. The van der Waals surface area contributed by atoms with Crippen LogP contribution in [-0.2, 0) is 19.6 Å². The quantitative estimate of drug-likeness (QED) is 0.885. The summed E-state index contributed by atoms with van der Waals surface area (Å²) in [6, 6.07) is 10.5. The highest BCUT2D eigenvalue weighted by Gasteiger charge is 2.21. The van der Waals surface area contributed by atoms with Crippen molar-refractivity contribution in [1.29, 1.82) is 0 Å². The molecule has 2 aromatic rings. The van der Waals surface area contributed by atoms with Crippen LogP contribution < -0.4 is 5.32 Å². The summed E-state index contributed by atoms with van der Waals surface area (Å²) in [5.41, 5.74) is 3.48. The number of fused-ring (bicyclic) bond motifs is 1. The van der Waals surface area contributed by atoms with Crippen molar-refractivity contribution in [2.45, 2.75) is 38.5 Å². The minimum Gasteiger partial charge on any atom is -0.469 e. The highest BCUT2D eigenvalue weighted by atomic mass is 16.3. The molecule has 1 aliphatic carbocycles. The Morgan fingerprint density at radius 1 is 1.26 bits per heavy atom. The van der Waals surface area contributed by atoms with Gasteiger partial charge in [0.25, 0.3) is 0 Å². The Bertz CT molecular complexity index is 547. The highest BCUT2D eigenvalue weighted by Crippen LogP contribution is 2.30. The van der Waals surface area contributed by atoms with Gasteiger partial charge in [-0.05, 0) is 30.0 Å². The van der Waals surface area contributed by atoms with Crippen LogP contribution >= 0.6 is 0 Å². The van der Waals surface area contributed by atoms with Crippen LogP contribution in [0.5, 0.6) is 0 Å². The van der Waals surface area contributed by atoms with E-state index >= 15 is 0 Å². The van der Waals surface area contributed by atoms with E-state index < -0.39 is 0 Å². The summed E-state index contributed by atoms with van der Waals surface area (Å²) in [5.74, 6) is 1.13. The molecule has 100 valence electrons. The Morgan fingerprint density at radius 3 is 3.05 bits per heavy atom. The SMILES string of the molecule is OCc1cccc(CNC2CCCc3occc32)c1. The second-order valence-electron chi connectivity index (χ2n) is 5.10. The van der Waals surface area contributed by atoms with Crippen LogP contribution in [0.4, 0.5) is 0 Å². The lowest BCUT2D eigenvalue weighted by Gasteiger charge is -2.23. The van der Waals surface area contributed by atoms with E-state index in [1.807, 2.05) is 18.2 Å². The van der Waals surface area contributed by atoms with Crippen LogP contribution in [0.15, 0.2) is 41.0 Å². The molecule has 2 N–H and O–H groups in total. The van der Waals surface area contributed by atoms with Crippen molar-refractivity contribution < 1.29 is 9.52 Å². The lowest BCUT2D eigenvalue weighted by atomic mass is 9.93. The first-order chi connectivity index (χ1) is 9.36. The number of hydrogen-bond acceptors (Lipinski definition) is 3. The number of nitrogens with one attached hydrogen (secondary N) is 1. The van der Waals surface area contributed by atoms with Crippen molar-refractivity contribution in [2.75, 3.05) is 0 Å². The van der Waals surface area contributed by atoms with Gasteiger partial charge in [-0.25, -0.2) is 0 Å². The van der Waals surface area contributed by atoms with Crippen LogP contribution in [0.1, 0.15) is 41.3 Å². The first kappa shape index (κ1) is 12.5. The zero-order valence-electron chi connectivity index (χ0n) is 10.9. The smallest absolute Gasteiger partial charge is 0.108 e. The normalized spacial score (nSPS) is 18.3. The molecule has 0 bridgehead atoms. The summed E-state index contributed by atoms with van der Waals surface area (Å²) in [4.78, 5) is 0. The molecule has 0 radical (unpaired) electrons. The first-order valence-corrected chi connectivity index (χ1v) is 6.85. The van der Waals surface area contributed by atoms with Crippen molar-refractivity contribution >= 4 is 0 Å². The van der Waals surface area contributed by atoms with Crippen LogP contribution in [0.2, 0.25) is 0 Å². The molecule has 1 aliphatic rings.